The molecule has 1 saturated heterocycles. The number of alkyl halides is 1. The van der Waals surface area contributed by atoms with E-state index in [9.17, 15) is 33.1 Å². The molecule has 1 aliphatic heterocycles. The lowest BCUT2D eigenvalue weighted by Crippen LogP contribution is -2.35. The van der Waals surface area contributed by atoms with Gasteiger partial charge in [-0.3, -0.25) is 23.5 Å². The summed E-state index contributed by atoms with van der Waals surface area (Å²) >= 11 is 0. The first-order valence-corrected chi connectivity index (χ1v) is 10.3. The van der Waals surface area contributed by atoms with E-state index in [1.807, 2.05) is 4.98 Å². The Kier molecular flexibility index (Phi) is 5.81. The Balaban J connectivity index is 2.09. The Hall–Kier alpha value is -1.17. The van der Waals surface area contributed by atoms with Crippen molar-refractivity contribution in [2.75, 3.05) is 12.5 Å². The number of ether oxygens (including phenoxy) is 1. The number of aliphatic hydroxyl groups is 1. The van der Waals surface area contributed by atoms with E-state index in [0.29, 0.717) is 4.57 Å². The number of halogens is 1. The summed E-state index contributed by atoms with van der Waals surface area (Å²) in [5, 5.41) is 9.77. The van der Waals surface area contributed by atoms with Crippen LogP contribution in [-0.4, -0.2) is 60.2 Å². The molecule has 5 atom stereocenters. The van der Waals surface area contributed by atoms with E-state index < -0.39 is 63.6 Å². The average molecular weight is 404 g/mol. The summed E-state index contributed by atoms with van der Waals surface area (Å²) < 4.78 is 46.6. The van der Waals surface area contributed by atoms with Crippen molar-refractivity contribution in [1.29, 1.82) is 0 Å². The van der Waals surface area contributed by atoms with Gasteiger partial charge >= 0.3 is 20.9 Å². The van der Waals surface area contributed by atoms with E-state index in [4.69, 9.17) is 14.5 Å². The zero-order chi connectivity index (χ0) is 19.0. The highest BCUT2D eigenvalue weighted by Gasteiger charge is 2.46. The highest BCUT2D eigenvalue weighted by molar-refractivity contribution is 7.70. The number of aliphatic hydroxyl groups excluding tert-OH is 1. The molecule has 15 heteroatoms. The van der Waals surface area contributed by atoms with Crippen molar-refractivity contribution in [1.82, 2.24) is 9.55 Å². The number of nitrogens with one attached hydrogen (secondary N) is 1. The van der Waals surface area contributed by atoms with Gasteiger partial charge in [-0.25, -0.2) is 9.18 Å². The summed E-state index contributed by atoms with van der Waals surface area (Å²) in [6.45, 7) is -0.857. The largest absolute Gasteiger partial charge is 0.387 e. The van der Waals surface area contributed by atoms with E-state index in [2.05, 4.69) is 4.52 Å². The zero-order valence-corrected chi connectivity index (χ0v) is 14.1. The van der Waals surface area contributed by atoms with E-state index in [-0.39, 0.29) is 0 Å². The molecule has 142 valence electrons. The number of aromatic amines is 1. The summed E-state index contributed by atoms with van der Waals surface area (Å²) in [6.07, 6.45) is -6.15. The molecule has 25 heavy (non-hydrogen) atoms. The van der Waals surface area contributed by atoms with E-state index in [1.165, 1.54) is 0 Å². The van der Waals surface area contributed by atoms with Gasteiger partial charge in [0.05, 0.1) is 6.61 Å². The molecule has 0 aromatic carbocycles. The molecular formula is C10H15FN2O10P2. The van der Waals surface area contributed by atoms with Gasteiger partial charge in [-0.05, 0) is 0 Å². The summed E-state index contributed by atoms with van der Waals surface area (Å²) in [6, 6.07) is 0.926. The van der Waals surface area contributed by atoms with Gasteiger partial charge in [-0.1, -0.05) is 0 Å². The molecule has 0 saturated carbocycles. The normalized spacial score (nSPS) is 29.5. The van der Waals surface area contributed by atoms with Gasteiger partial charge in [0.2, 0.25) is 0 Å². The van der Waals surface area contributed by atoms with E-state index in [0.717, 1.165) is 12.3 Å². The van der Waals surface area contributed by atoms with Crippen LogP contribution in [0.3, 0.4) is 0 Å². The molecule has 1 aromatic heterocycles. The van der Waals surface area contributed by atoms with Gasteiger partial charge in [0.15, 0.2) is 18.3 Å². The van der Waals surface area contributed by atoms with Crippen molar-refractivity contribution in [3.8, 4) is 0 Å². The van der Waals surface area contributed by atoms with Crippen molar-refractivity contribution < 1.29 is 42.6 Å². The standard InChI is InChI=1S/C10H15FN2O10P2/c11-7-8(15)5(3-22-25(20,21)4-24(17,18)19)23-9(7)13-2-1-6(14)12-10(13)16/h1-2,5,7-9,15H,3-4H2,(H,20,21)(H,12,14,16)(H2,17,18,19)/t5-,7+,8?,9-/m1/s1. The Morgan fingerprint density at radius 2 is 1.96 bits per heavy atom. The maximum atomic E-state index is 14.2. The molecule has 1 fully saturated rings. The SMILES string of the molecule is O=c1ccn([C@@H]2O[C@H](COP(=O)(O)CP(=O)(O)O)C(O)[C@@H]2F)c(=O)[nH]1. The number of nitrogens with zero attached hydrogens (tertiary/aromatic N) is 1. The second-order valence-electron chi connectivity index (χ2n) is 5.26. The molecule has 5 N–H and O–H groups in total. The van der Waals surface area contributed by atoms with Crippen molar-refractivity contribution in [2.24, 2.45) is 0 Å². The Morgan fingerprint density at radius 1 is 1.32 bits per heavy atom. The molecule has 2 heterocycles. The first-order chi connectivity index (χ1) is 11.4. The summed E-state index contributed by atoms with van der Waals surface area (Å²) in [7, 11) is -9.56. The van der Waals surface area contributed by atoms with Gasteiger partial charge in [0, 0.05) is 12.3 Å². The monoisotopic (exact) mass is 404 g/mol. The minimum absolute atomic E-state index is 0.670. The van der Waals surface area contributed by atoms with Crippen LogP contribution >= 0.6 is 15.2 Å². The van der Waals surface area contributed by atoms with Crippen molar-refractivity contribution in [3.63, 3.8) is 0 Å². The Morgan fingerprint density at radius 3 is 2.52 bits per heavy atom. The van der Waals surface area contributed by atoms with Crippen LogP contribution in [0.15, 0.2) is 21.9 Å². The third-order valence-corrected chi connectivity index (χ3v) is 6.68. The summed E-state index contributed by atoms with van der Waals surface area (Å²) in [4.78, 5) is 51.2. The third-order valence-electron chi connectivity index (χ3n) is 3.22. The molecular weight excluding hydrogens is 389 g/mol. The van der Waals surface area contributed by atoms with Crippen LogP contribution in [0, 0.1) is 0 Å². The van der Waals surface area contributed by atoms with Gasteiger partial charge in [-0.2, -0.15) is 0 Å². The minimum Gasteiger partial charge on any atom is -0.387 e. The molecule has 1 aromatic rings. The molecule has 2 unspecified atom stereocenters. The topological polar surface area (TPSA) is 188 Å². The van der Waals surface area contributed by atoms with Crippen LogP contribution in [-0.2, 0) is 18.4 Å². The fourth-order valence-electron chi connectivity index (χ4n) is 2.16. The lowest BCUT2D eigenvalue weighted by Gasteiger charge is -2.18. The number of hydrogen-bond acceptors (Lipinski definition) is 7. The van der Waals surface area contributed by atoms with Gasteiger partial charge in [0.1, 0.15) is 12.2 Å². The maximum Gasteiger partial charge on any atom is 0.340 e. The zero-order valence-electron chi connectivity index (χ0n) is 12.3. The predicted molar refractivity (Wildman–Crippen MR) is 78.8 cm³/mol. The van der Waals surface area contributed by atoms with Crippen LogP contribution < -0.4 is 11.2 Å². The van der Waals surface area contributed by atoms with Gasteiger partial charge in [0.25, 0.3) is 5.56 Å². The number of hydrogen-bond donors (Lipinski definition) is 5. The average Bonchev–Trinajstić information content (AvgIpc) is 2.71. The number of rotatable bonds is 6. The molecule has 0 radical (unpaired) electrons. The first-order valence-electron chi connectivity index (χ1n) is 6.70. The molecule has 1 aliphatic rings. The van der Waals surface area contributed by atoms with E-state index in [1.54, 1.807) is 0 Å². The Bertz CT molecular complexity index is 833. The van der Waals surface area contributed by atoms with Crippen LogP contribution in [0.4, 0.5) is 4.39 Å². The molecule has 0 amide bonds. The van der Waals surface area contributed by atoms with Crippen molar-refractivity contribution in [2.45, 2.75) is 24.6 Å². The van der Waals surface area contributed by atoms with Crippen LogP contribution in [0.1, 0.15) is 6.23 Å². The second kappa shape index (κ2) is 7.22. The molecule has 0 bridgehead atoms. The van der Waals surface area contributed by atoms with Crippen LogP contribution in [0.5, 0.6) is 0 Å². The van der Waals surface area contributed by atoms with Crippen LogP contribution in [0.2, 0.25) is 0 Å². The second-order valence-corrected chi connectivity index (χ2v) is 9.25. The van der Waals surface area contributed by atoms with Crippen LogP contribution in [0.25, 0.3) is 0 Å². The Labute approximate surface area is 138 Å². The van der Waals surface area contributed by atoms with Gasteiger partial charge in [-0.15, -0.1) is 0 Å². The molecule has 2 rings (SSSR count). The van der Waals surface area contributed by atoms with Gasteiger partial charge < -0.3 is 29.0 Å². The van der Waals surface area contributed by atoms with Crippen molar-refractivity contribution >= 4 is 15.2 Å². The lowest BCUT2D eigenvalue weighted by atomic mass is 10.1. The molecule has 0 aliphatic carbocycles. The fraction of sp³-hybridized carbons (Fsp3) is 0.600. The summed E-state index contributed by atoms with van der Waals surface area (Å²) in [5.41, 5.74) is -1.73. The van der Waals surface area contributed by atoms with Crippen molar-refractivity contribution in [3.05, 3.63) is 33.1 Å². The number of H-pyrrole nitrogens is 1. The summed E-state index contributed by atoms with van der Waals surface area (Å²) in [5.74, 6) is -1.45. The highest BCUT2D eigenvalue weighted by Crippen LogP contribution is 2.55. The maximum absolute atomic E-state index is 14.2. The first kappa shape index (κ1) is 20.1. The highest BCUT2D eigenvalue weighted by atomic mass is 31.2. The quantitative estimate of drug-likeness (QED) is 0.348. The third kappa shape index (κ3) is 5.16. The minimum atomic E-state index is -4.84. The molecule has 12 nitrogen and oxygen atoms in total. The smallest absolute Gasteiger partial charge is 0.340 e. The number of aromatic nitrogens is 2. The predicted octanol–water partition coefficient (Wildman–Crippen LogP) is -1.53. The molecule has 0 spiro atoms. The fourth-order valence-corrected chi connectivity index (χ4v) is 4.73. The lowest BCUT2D eigenvalue weighted by molar-refractivity contribution is -0.0458. The van der Waals surface area contributed by atoms with E-state index >= 15 is 0 Å².